The van der Waals surface area contributed by atoms with Crippen molar-refractivity contribution in [3.8, 4) is 0 Å². The number of hydrogen-bond acceptors (Lipinski definition) is 4. The summed E-state index contributed by atoms with van der Waals surface area (Å²) in [5, 5.41) is 3.16. The first-order chi connectivity index (χ1) is 15.3. The summed E-state index contributed by atoms with van der Waals surface area (Å²) in [5.41, 5.74) is 0.548. The summed E-state index contributed by atoms with van der Waals surface area (Å²) >= 11 is 1.34. The molecule has 32 heavy (non-hydrogen) atoms. The van der Waals surface area contributed by atoms with E-state index >= 15 is 0 Å². The van der Waals surface area contributed by atoms with Crippen molar-refractivity contribution < 1.29 is 18.0 Å². The molecule has 4 rings (SSSR count). The van der Waals surface area contributed by atoms with Gasteiger partial charge in [-0.2, -0.15) is 13.2 Å². The Morgan fingerprint density at radius 2 is 1.91 bits per heavy atom. The summed E-state index contributed by atoms with van der Waals surface area (Å²) < 4.78 is 39.5. The highest BCUT2D eigenvalue weighted by molar-refractivity contribution is 7.99. The van der Waals surface area contributed by atoms with Crippen LogP contribution in [0.25, 0.3) is 17.1 Å². The van der Waals surface area contributed by atoms with Crippen LogP contribution in [-0.4, -0.2) is 26.1 Å². The molecule has 0 unspecified atom stereocenters. The maximum absolute atomic E-state index is 13.2. The van der Waals surface area contributed by atoms with Crippen LogP contribution in [0.2, 0.25) is 0 Å². The normalized spacial score (nSPS) is 15.5. The molecule has 3 N–H and O–H groups in total. The monoisotopic (exact) mass is 462 g/mol. The molecule has 0 atom stereocenters. The van der Waals surface area contributed by atoms with Gasteiger partial charge in [0.25, 0.3) is 0 Å². The van der Waals surface area contributed by atoms with Gasteiger partial charge in [-0.25, -0.2) is 9.78 Å². The average Bonchev–Trinajstić information content (AvgIpc) is 3.14. The molecule has 0 spiro atoms. The highest BCUT2D eigenvalue weighted by Gasteiger charge is 2.33. The minimum atomic E-state index is -4.53. The van der Waals surface area contributed by atoms with Crippen molar-refractivity contribution in [1.82, 2.24) is 15.0 Å². The highest BCUT2D eigenvalue weighted by Crippen LogP contribution is 2.37. The van der Waals surface area contributed by atoms with Gasteiger partial charge in [0.1, 0.15) is 10.7 Å². The lowest BCUT2D eigenvalue weighted by Crippen LogP contribution is -2.12. The van der Waals surface area contributed by atoms with E-state index in [1.807, 2.05) is 0 Å². The number of halogens is 3. The number of pyridine rings is 1. The zero-order valence-corrected chi connectivity index (χ0v) is 17.8. The van der Waals surface area contributed by atoms with Gasteiger partial charge in [-0.1, -0.05) is 31.4 Å². The van der Waals surface area contributed by atoms with Crippen molar-refractivity contribution >= 4 is 40.5 Å². The molecule has 1 fully saturated rings. The topological polar surface area (TPSA) is 90.6 Å². The molecule has 6 nitrogen and oxygen atoms in total. The van der Waals surface area contributed by atoms with E-state index in [-0.39, 0.29) is 10.3 Å². The molecular formula is C22H21F3N4O2S. The van der Waals surface area contributed by atoms with Crippen LogP contribution in [0.3, 0.4) is 0 Å². The van der Waals surface area contributed by atoms with E-state index in [2.05, 4.69) is 20.3 Å². The lowest BCUT2D eigenvalue weighted by atomic mass is 10.0. The molecule has 0 bridgehead atoms. The number of carbonyl (C=O) groups excluding carboxylic acids is 1. The van der Waals surface area contributed by atoms with E-state index in [1.54, 1.807) is 18.2 Å². The molecule has 2 aromatic heterocycles. The zero-order valence-electron chi connectivity index (χ0n) is 17.0. The third kappa shape index (κ3) is 5.24. The van der Waals surface area contributed by atoms with Gasteiger partial charge in [0.05, 0.1) is 16.7 Å². The van der Waals surface area contributed by atoms with Gasteiger partial charge in [0.2, 0.25) is 5.91 Å². The maximum Gasteiger partial charge on any atom is 0.433 e. The Balaban J connectivity index is 1.56. The van der Waals surface area contributed by atoms with E-state index in [0.29, 0.717) is 22.3 Å². The first kappa shape index (κ1) is 22.2. The fourth-order valence-electron chi connectivity index (χ4n) is 3.67. The molecule has 1 saturated carbocycles. The highest BCUT2D eigenvalue weighted by atomic mass is 32.2. The van der Waals surface area contributed by atoms with Crippen molar-refractivity contribution in [1.29, 1.82) is 0 Å². The summed E-state index contributed by atoms with van der Waals surface area (Å²) in [6, 6.07) is 7.29. The number of para-hydroxylation sites is 1. The Morgan fingerprint density at radius 3 is 2.66 bits per heavy atom. The molecular weight excluding hydrogens is 441 g/mol. The molecule has 0 radical (unpaired) electrons. The molecule has 0 saturated heterocycles. The van der Waals surface area contributed by atoms with E-state index in [4.69, 9.17) is 0 Å². The Kier molecular flexibility index (Phi) is 6.40. The number of rotatable bonds is 5. The van der Waals surface area contributed by atoms with Gasteiger partial charge in [0, 0.05) is 16.9 Å². The van der Waals surface area contributed by atoms with Crippen LogP contribution in [-0.2, 0) is 11.0 Å². The molecule has 1 aliphatic rings. The molecule has 1 aromatic carbocycles. The van der Waals surface area contributed by atoms with Gasteiger partial charge < -0.3 is 15.3 Å². The van der Waals surface area contributed by atoms with Crippen molar-refractivity contribution in [3.63, 3.8) is 0 Å². The number of imidazole rings is 1. The minimum Gasteiger partial charge on any atom is -0.321 e. The van der Waals surface area contributed by atoms with Crippen LogP contribution < -0.4 is 11.0 Å². The third-order valence-corrected chi connectivity index (χ3v) is 6.59. The molecule has 1 amide bonds. The summed E-state index contributed by atoms with van der Waals surface area (Å²) in [7, 11) is 0. The average molecular weight is 462 g/mol. The van der Waals surface area contributed by atoms with Crippen LogP contribution >= 0.6 is 11.8 Å². The number of hydrogen-bond donors (Lipinski definition) is 3. The molecule has 168 valence electrons. The summed E-state index contributed by atoms with van der Waals surface area (Å²) in [5.74, 6) is -0.479. The number of benzene rings is 1. The summed E-state index contributed by atoms with van der Waals surface area (Å²) in [4.78, 5) is 33.0. The predicted octanol–water partition coefficient (Wildman–Crippen LogP) is 5.35. The van der Waals surface area contributed by atoms with Crippen LogP contribution in [0.4, 0.5) is 18.9 Å². The van der Waals surface area contributed by atoms with Crippen LogP contribution in [0.1, 0.15) is 43.4 Å². The Labute approximate surface area is 185 Å². The lowest BCUT2D eigenvalue weighted by molar-refractivity contribution is -0.141. The first-order valence-corrected chi connectivity index (χ1v) is 11.1. The van der Waals surface area contributed by atoms with E-state index < -0.39 is 23.5 Å². The number of H-pyrrole nitrogens is 2. The van der Waals surface area contributed by atoms with Crippen molar-refractivity contribution in [2.75, 3.05) is 5.32 Å². The molecule has 2 heterocycles. The molecule has 10 heteroatoms. The number of thioether (sulfide) groups is 1. The molecule has 3 aromatic rings. The number of anilines is 1. The second kappa shape index (κ2) is 9.23. The van der Waals surface area contributed by atoms with Crippen LogP contribution in [0, 0.1) is 0 Å². The largest absolute Gasteiger partial charge is 0.433 e. The van der Waals surface area contributed by atoms with E-state index in [9.17, 15) is 22.8 Å². The predicted molar refractivity (Wildman–Crippen MR) is 119 cm³/mol. The van der Waals surface area contributed by atoms with E-state index in [1.165, 1.54) is 30.0 Å². The van der Waals surface area contributed by atoms with Crippen LogP contribution in [0.15, 0.2) is 46.2 Å². The third-order valence-electron chi connectivity index (χ3n) is 5.23. The standard InChI is InChI=1S/C22H21F3N4O2S/c23-22(24,25)17-11-9-13(20(28-17)32-14-5-2-1-3-6-14)10-12-18(30)26-15-7-4-8-16-19(15)29-21(31)27-16/h4,7-12,14H,1-3,5-6H2,(H,26,30)(H2,27,29,31)/b12-10+. The number of alkyl halides is 3. The zero-order chi connectivity index (χ0) is 22.7. The summed E-state index contributed by atoms with van der Waals surface area (Å²) in [6.45, 7) is 0. The van der Waals surface area contributed by atoms with Crippen LogP contribution in [0.5, 0.6) is 0 Å². The number of aromatic amines is 2. The second-order valence-corrected chi connectivity index (χ2v) is 8.89. The molecule has 1 aliphatic carbocycles. The smallest absolute Gasteiger partial charge is 0.321 e. The SMILES string of the molecule is O=C(/C=C/c1ccc(C(F)(F)F)nc1SC1CCCCC1)Nc1cccc2[nH]c(=O)[nH]c12. The van der Waals surface area contributed by atoms with Crippen molar-refractivity contribution in [3.05, 3.63) is 58.1 Å². The number of carbonyl (C=O) groups is 1. The fourth-order valence-corrected chi connectivity index (χ4v) is 4.98. The lowest BCUT2D eigenvalue weighted by Gasteiger charge is -2.21. The summed E-state index contributed by atoms with van der Waals surface area (Å²) in [6.07, 6.45) is 3.30. The first-order valence-electron chi connectivity index (χ1n) is 10.2. The quantitative estimate of drug-likeness (QED) is 0.446. The Bertz CT molecular complexity index is 1210. The van der Waals surface area contributed by atoms with Gasteiger partial charge in [-0.05, 0) is 37.1 Å². The number of fused-ring (bicyclic) bond motifs is 1. The minimum absolute atomic E-state index is 0.212. The molecule has 0 aliphatic heterocycles. The number of nitrogens with one attached hydrogen (secondary N) is 3. The van der Waals surface area contributed by atoms with E-state index in [0.717, 1.165) is 38.2 Å². The van der Waals surface area contributed by atoms with Crippen molar-refractivity contribution in [2.24, 2.45) is 0 Å². The van der Waals surface area contributed by atoms with Gasteiger partial charge in [-0.3, -0.25) is 4.79 Å². The van der Waals surface area contributed by atoms with Crippen molar-refractivity contribution in [2.45, 2.75) is 48.6 Å². The Morgan fingerprint density at radius 1 is 1.12 bits per heavy atom. The van der Waals surface area contributed by atoms with Gasteiger partial charge in [-0.15, -0.1) is 11.8 Å². The fraction of sp³-hybridized carbons (Fsp3) is 0.318. The number of nitrogens with zero attached hydrogens (tertiary/aromatic N) is 1. The van der Waals surface area contributed by atoms with Gasteiger partial charge in [0.15, 0.2) is 0 Å². The van der Waals surface area contributed by atoms with Gasteiger partial charge >= 0.3 is 11.9 Å². The number of amides is 1. The Hall–Kier alpha value is -3.01. The number of aromatic nitrogens is 3. The maximum atomic E-state index is 13.2. The second-order valence-electron chi connectivity index (χ2n) is 7.60.